The van der Waals surface area contributed by atoms with Crippen LogP contribution >= 0.6 is 0 Å². The van der Waals surface area contributed by atoms with E-state index < -0.39 is 0 Å². The van der Waals surface area contributed by atoms with Crippen molar-refractivity contribution in [1.29, 1.82) is 0 Å². The smallest absolute Gasteiger partial charge is 0.244 e. The Morgan fingerprint density at radius 3 is 1.69 bits per heavy atom. The molecule has 0 atom stereocenters. The molecule has 2 amide bonds. The first-order valence-electron chi connectivity index (χ1n) is 3.59. The Labute approximate surface area is 77.7 Å². The molecule has 0 aliphatic heterocycles. The van der Waals surface area contributed by atoms with Crippen LogP contribution in [0.2, 0.25) is 0 Å². The number of carbonyl (C=O) groups excluding carboxylic acids is 2. The van der Waals surface area contributed by atoms with Crippen molar-refractivity contribution in [2.75, 3.05) is 13.7 Å². The fourth-order valence-corrected chi connectivity index (χ4v) is 0.363. The van der Waals surface area contributed by atoms with Gasteiger partial charge in [0.15, 0.2) is 0 Å². The molecule has 5 heteroatoms. The van der Waals surface area contributed by atoms with Crippen molar-refractivity contribution in [3.05, 3.63) is 25.3 Å². The Morgan fingerprint density at radius 1 is 1.15 bits per heavy atom. The highest BCUT2D eigenvalue weighted by Crippen LogP contribution is 1.65. The Balaban J connectivity index is 0. The molecule has 0 aliphatic carbocycles. The van der Waals surface area contributed by atoms with Crippen LogP contribution in [0.1, 0.15) is 0 Å². The summed E-state index contributed by atoms with van der Waals surface area (Å²) in [6, 6.07) is 0. The molecule has 0 aromatic heterocycles. The van der Waals surface area contributed by atoms with E-state index in [1.807, 2.05) is 0 Å². The first kappa shape index (κ1) is 13.9. The van der Waals surface area contributed by atoms with Crippen molar-refractivity contribution in [3.8, 4) is 0 Å². The van der Waals surface area contributed by atoms with Gasteiger partial charge in [0.25, 0.3) is 0 Å². The molecule has 0 aliphatic rings. The lowest BCUT2D eigenvalue weighted by atomic mass is 10.5. The monoisotopic (exact) mass is 185 g/mol. The normalized spacial score (nSPS) is 7.23. The third kappa shape index (κ3) is 10.4. The molecule has 0 rings (SSSR count). The lowest BCUT2D eigenvalue weighted by molar-refractivity contribution is -0.118. The summed E-state index contributed by atoms with van der Waals surface area (Å²) in [7, 11) is 1.50. The molecule has 13 heavy (non-hydrogen) atoms. The van der Waals surface area contributed by atoms with Gasteiger partial charge in [-0.1, -0.05) is 13.2 Å². The topological polar surface area (TPSA) is 84.2 Å². The number of hydrogen-bond acceptors (Lipinski definition) is 3. The Hall–Kier alpha value is -1.62. The number of rotatable bonds is 4. The Morgan fingerprint density at radius 2 is 1.46 bits per heavy atom. The predicted octanol–water partition coefficient (Wildman–Crippen LogP) is -0.877. The van der Waals surface area contributed by atoms with Crippen molar-refractivity contribution in [1.82, 2.24) is 10.6 Å². The van der Waals surface area contributed by atoms with Crippen LogP contribution < -0.4 is 16.4 Å². The van der Waals surface area contributed by atoms with Gasteiger partial charge >= 0.3 is 0 Å². The molecule has 0 fully saturated rings. The number of hydrogen-bond donors (Lipinski definition) is 3. The predicted molar refractivity (Wildman–Crippen MR) is 51.7 cm³/mol. The first-order chi connectivity index (χ1) is 6.20. The fraction of sp³-hybridized carbons (Fsp3) is 0.250. The second-order valence-corrected chi connectivity index (χ2v) is 1.67. The van der Waals surface area contributed by atoms with E-state index in [-0.39, 0.29) is 18.5 Å². The van der Waals surface area contributed by atoms with Gasteiger partial charge in [-0.15, -0.1) is 0 Å². The van der Waals surface area contributed by atoms with Crippen LogP contribution in [-0.4, -0.2) is 25.5 Å². The van der Waals surface area contributed by atoms with Crippen LogP contribution in [0.15, 0.2) is 25.3 Å². The van der Waals surface area contributed by atoms with Crippen molar-refractivity contribution < 1.29 is 9.59 Å². The Kier molecular flexibility index (Phi) is 11.1. The summed E-state index contributed by atoms with van der Waals surface area (Å²) in [5.74, 6) is -0.649. The maximum atomic E-state index is 10.5. The zero-order valence-electron chi connectivity index (χ0n) is 7.67. The number of carbonyl (C=O) groups is 2. The first-order valence-corrected chi connectivity index (χ1v) is 3.59. The molecule has 74 valence electrons. The van der Waals surface area contributed by atoms with Crippen LogP contribution in [-0.2, 0) is 9.59 Å². The van der Waals surface area contributed by atoms with E-state index in [9.17, 15) is 9.59 Å². The van der Waals surface area contributed by atoms with Gasteiger partial charge in [0, 0.05) is 0 Å². The van der Waals surface area contributed by atoms with E-state index in [4.69, 9.17) is 0 Å². The second kappa shape index (κ2) is 10.4. The quantitative estimate of drug-likeness (QED) is 0.393. The molecule has 0 aromatic carbocycles. The van der Waals surface area contributed by atoms with Gasteiger partial charge in [0.1, 0.15) is 0 Å². The molecule has 0 aromatic rings. The highest BCUT2D eigenvalue weighted by molar-refractivity contribution is 5.89. The van der Waals surface area contributed by atoms with E-state index in [0.29, 0.717) is 0 Å². The number of amides is 2. The van der Waals surface area contributed by atoms with Gasteiger partial charge in [-0.2, -0.15) is 0 Å². The summed E-state index contributed by atoms with van der Waals surface area (Å²) < 4.78 is 0. The SMILES string of the molecule is C=CC(=O)NCNC(=O)C=C.CN. The molecule has 0 heterocycles. The van der Waals surface area contributed by atoms with Crippen LogP contribution in [0.4, 0.5) is 0 Å². The highest BCUT2D eigenvalue weighted by atomic mass is 16.2. The van der Waals surface area contributed by atoms with Gasteiger partial charge in [0.2, 0.25) is 11.8 Å². The molecule has 5 nitrogen and oxygen atoms in total. The van der Waals surface area contributed by atoms with Crippen LogP contribution in [0.3, 0.4) is 0 Å². The number of nitrogens with one attached hydrogen (secondary N) is 2. The molecule has 0 radical (unpaired) electrons. The molecule has 0 bridgehead atoms. The molecule has 4 N–H and O–H groups in total. The van der Waals surface area contributed by atoms with Crippen molar-refractivity contribution >= 4 is 11.8 Å². The molecule has 0 saturated carbocycles. The summed E-state index contributed by atoms with van der Waals surface area (Å²) in [5, 5.41) is 4.72. The summed E-state index contributed by atoms with van der Waals surface area (Å²) in [5.41, 5.74) is 4.50. The minimum atomic E-state index is -0.325. The third-order valence-electron chi connectivity index (χ3n) is 0.896. The zero-order chi connectivity index (χ0) is 10.7. The van der Waals surface area contributed by atoms with E-state index in [0.717, 1.165) is 12.2 Å². The van der Waals surface area contributed by atoms with Crippen LogP contribution in [0, 0.1) is 0 Å². The third-order valence-corrected chi connectivity index (χ3v) is 0.896. The summed E-state index contributed by atoms with van der Waals surface area (Å²) >= 11 is 0. The lowest BCUT2D eigenvalue weighted by Crippen LogP contribution is -2.35. The minimum Gasteiger partial charge on any atom is -0.335 e. The van der Waals surface area contributed by atoms with Gasteiger partial charge in [-0.05, 0) is 19.2 Å². The Bertz CT molecular complexity index is 170. The van der Waals surface area contributed by atoms with Crippen molar-refractivity contribution in [2.45, 2.75) is 0 Å². The molecule has 0 saturated heterocycles. The molecule has 0 spiro atoms. The average Bonchev–Trinajstić information content (AvgIpc) is 2.20. The summed E-state index contributed by atoms with van der Waals surface area (Å²) in [4.78, 5) is 21.0. The van der Waals surface area contributed by atoms with Gasteiger partial charge in [-0.25, -0.2) is 0 Å². The summed E-state index contributed by atoms with van der Waals surface area (Å²) in [6.07, 6.45) is 2.25. The van der Waals surface area contributed by atoms with Gasteiger partial charge in [-0.3, -0.25) is 9.59 Å². The van der Waals surface area contributed by atoms with Gasteiger partial charge in [0.05, 0.1) is 6.67 Å². The fourth-order valence-electron chi connectivity index (χ4n) is 0.363. The van der Waals surface area contributed by atoms with Crippen molar-refractivity contribution in [2.24, 2.45) is 5.73 Å². The maximum Gasteiger partial charge on any atom is 0.244 e. The van der Waals surface area contributed by atoms with E-state index in [1.54, 1.807) is 0 Å². The van der Waals surface area contributed by atoms with E-state index >= 15 is 0 Å². The average molecular weight is 185 g/mol. The highest BCUT2D eigenvalue weighted by Gasteiger charge is 1.93. The molecule has 0 unspecified atom stereocenters. The molecular formula is C8H15N3O2. The number of nitrogens with two attached hydrogens (primary N) is 1. The minimum absolute atomic E-state index is 0.0930. The van der Waals surface area contributed by atoms with Gasteiger partial charge < -0.3 is 16.4 Å². The van der Waals surface area contributed by atoms with E-state index in [2.05, 4.69) is 29.5 Å². The molecular weight excluding hydrogens is 170 g/mol. The largest absolute Gasteiger partial charge is 0.335 e. The van der Waals surface area contributed by atoms with Crippen molar-refractivity contribution in [3.63, 3.8) is 0 Å². The standard InChI is InChI=1S/C7H10N2O2.CH5N/c1-3-6(10)8-5-9-7(11)4-2;1-2/h3-4H,1-2,5H2,(H,8,10)(H,9,11);2H2,1H3. The summed E-state index contributed by atoms with van der Waals surface area (Å²) in [6.45, 7) is 6.56. The lowest BCUT2D eigenvalue weighted by Gasteiger charge is -2.01. The van der Waals surface area contributed by atoms with Crippen LogP contribution in [0.25, 0.3) is 0 Å². The maximum absolute atomic E-state index is 10.5. The van der Waals surface area contributed by atoms with E-state index in [1.165, 1.54) is 7.05 Å². The van der Waals surface area contributed by atoms with Crippen LogP contribution in [0.5, 0.6) is 0 Å². The second-order valence-electron chi connectivity index (χ2n) is 1.67. The zero-order valence-corrected chi connectivity index (χ0v) is 7.67.